The molecular weight excluding hydrogens is 251 g/mol. The average molecular weight is 271 g/mol. The van der Waals surface area contributed by atoms with Crippen molar-refractivity contribution in [3.05, 3.63) is 34.4 Å². The Hall–Kier alpha value is -0.360. The Morgan fingerprint density at radius 3 is 1.38 bits per heavy atom. The summed E-state index contributed by atoms with van der Waals surface area (Å²) in [5.74, 6) is 0. The molecule has 0 aromatic heterocycles. The van der Waals surface area contributed by atoms with E-state index in [1.165, 1.54) is 22.3 Å². The predicted octanol–water partition coefficient (Wildman–Crippen LogP) is -6.42. The second kappa shape index (κ2) is 11.1. The van der Waals surface area contributed by atoms with E-state index in [-0.39, 0.29) is 35.8 Å². The molecular formula is C10H20Cl2N2O2-2. The summed E-state index contributed by atoms with van der Waals surface area (Å²) in [7, 11) is 0. The van der Waals surface area contributed by atoms with E-state index in [4.69, 9.17) is 11.5 Å². The first-order valence-electron chi connectivity index (χ1n) is 4.18. The molecule has 0 heterocycles. The van der Waals surface area contributed by atoms with E-state index in [0.29, 0.717) is 13.1 Å². The van der Waals surface area contributed by atoms with Gasteiger partial charge in [-0.25, -0.2) is 0 Å². The highest BCUT2D eigenvalue weighted by atomic mass is 35.5. The minimum Gasteiger partial charge on any atom is -1.00 e. The van der Waals surface area contributed by atoms with Crippen molar-refractivity contribution in [3.63, 3.8) is 0 Å². The van der Waals surface area contributed by atoms with Gasteiger partial charge in [-0.15, -0.1) is 0 Å². The van der Waals surface area contributed by atoms with Gasteiger partial charge in [0, 0.05) is 13.1 Å². The van der Waals surface area contributed by atoms with Gasteiger partial charge in [0.15, 0.2) is 0 Å². The summed E-state index contributed by atoms with van der Waals surface area (Å²) in [5.41, 5.74) is 16.1. The first kappa shape index (κ1) is 24.7. The van der Waals surface area contributed by atoms with Crippen molar-refractivity contribution in [3.8, 4) is 0 Å². The summed E-state index contributed by atoms with van der Waals surface area (Å²) in [6.45, 7) is 5.35. The van der Waals surface area contributed by atoms with Gasteiger partial charge in [0.1, 0.15) is 0 Å². The fourth-order valence-corrected chi connectivity index (χ4v) is 1.39. The SMILES string of the molecule is Cc1cc(C)c(CN)cc1CN.O.O.[Cl-].[Cl-]. The lowest BCUT2D eigenvalue weighted by atomic mass is 10.0. The Kier molecular flexibility index (Phi) is 17.2. The lowest BCUT2D eigenvalue weighted by Gasteiger charge is -2.08. The molecule has 0 aliphatic rings. The highest BCUT2D eigenvalue weighted by Gasteiger charge is 2.01. The third-order valence-electron chi connectivity index (χ3n) is 2.23. The number of hydrogen-bond acceptors (Lipinski definition) is 2. The molecule has 0 unspecified atom stereocenters. The van der Waals surface area contributed by atoms with Crippen LogP contribution in [0.5, 0.6) is 0 Å². The van der Waals surface area contributed by atoms with Gasteiger partial charge in [0.05, 0.1) is 0 Å². The molecule has 0 fully saturated rings. The topological polar surface area (TPSA) is 115 Å². The van der Waals surface area contributed by atoms with Crippen molar-refractivity contribution in [1.29, 1.82) is 0 Å². The summed E-state index contributed by atoms with van der Waals surface area (Å²) in [5, 5.41) is 0. The Labute approximate surface area is 109 Å². The number of rotatable bonds is 2. The Bertz CT molecular complexity index is 271. The zero-order valence-electron chi connectivity index (χ0n) is 9.48. The predicted molar refractivity (Wildman–Crippen MR) is 58.9 cm³/mol. The monoisotopic (exact) mass is 270 g/mol. The van der Waals surface area contributed by atoms with Gasteiger partial charge >= 0.3 is 0 Å². The minimum absolute atomic E-state index is 0. The lowest BCUT2D eigenvalue weighted by molar-refractivity contribution is -0.00100. The van der Waals surface area contributed by atoms with Crippen molar-refractivity contribution in [1.82, 2.24) is 0 Å². The minimum atomic E-state index is 0. The van der Waals surface area contributed by atoms with Gasteiger partial charge in [-0.1, -0.05) is 12.1 Å². The number of aryl methyl sites for hydroxylation is 2. The molecule has 0 bridgehead atoms. The smallest absolute Gasteiger partial charge is 0.0180 e. The van der Waals surface area contributed by atoms with Gasteiger partial charge in [-0.05, 0) is 36.1 Å². The largest absolute Gasteiger partial charge is 1.00 e. The normalized spacial score (nSPS) is 7.75. The van der Waals surface area contributed by atoms with Crippen molar-refractivity contribution < 1.29 is 35.8 Å². The molecule has 0 aliphatic heterocycles. The summed E-state index contributed by atoms with van der Waals surface area (Å²) >= 11 is 0. The van der Waals surface area contributed by atoms with Crippen molar-refractivity contribution >= 4 is 0 Å². The highest BCUT2D eigenvalue weighted by Crippen LogP contribution is 2.14. The maximum Gasteiger partial charge on any atom is 0.0180 e. The molecule has 0 atom stereocenters. The standard InChI is InChI=1S/C10H16N2.2ClH.2H2O/c1-7-3-8(2)10(6-12)4-9(7)5-11;;;;/h3-4H,5-6,11-12H2,1-2H3;2*1H;2*1H2/p-2. The maximum absolute atomic E-state index is 5.58. The van der Waals surface area contributed by atoms with Crippen LogP contribution in [0.4, 0.5) is 0 Å². The van der Waals surface area contributed by atoms with Crippen LogP contribution >= 0.6 is 0 Å². The Balaban J connectivity index is -0.000000180. The Morgan fingerprint density at radius 2 is 1.12 bits per heavy atom. The van der Waals surface area contributed by atoms with E-state index in [1.807, 2.05) is 0 Å². The van der Waals surface area contributed by atoms with Gasteiger partial charge in [0.2, 0.25) is 0 Å². The number of nitrogens with two attached hydrogens (primary N) is 2. The van der Waals surface area contributed by atoms with E-state index in [9.17, 15) is 0 Å². The molecule has 0 aliphatic carbocycles. The number of halogens is 2. The molecule has 4 nitrogen and oxygen atoms in total. The first-order chi connectivity index (χ1) is 5.69. The van der Waals surface area contributed by atoms with E-state index in [2.05, 4.69) is 26.0 Å². The van der Waals surface area contributed by atoms with Crippen LogP contribution in [0.15, 0.2) is 12.1 Å². The Morgan fingerprint density at radius 1 is 0.812 bits per heavy atom. The number of benzene rings is 1. The van der Waals surface area contributed by atoms with Crippen molar-refractivity contribution in [2.24, 2.45) is 11.5 Å². The second-order valence-corrected chi connectivity index (χ2v) is 3.11. The van der Waals surface area contributed by atoms with Gasteiger partial charge in [-0.2, -0.15) is 0 Å². The summed E-state index contributed by atoms with van der Waals surface area (Å²) in [4.78, 5) is 0. The third kappa shape index (κ3) is 5.65. The molecule has 1 aromatic rings. The zero-order chi connectivity index (χ0) is 9.14. The van der Waals surface area contributed by atoms with Crippen LogP contribution in [0.25, 0.3) is 0 Å². The molecule has 8 N–H and O–H groups in total. The molecule has 16 heavy (non-hydrogen) atoms. The van der Waals surface area contributed by atoms with Crippen molar-refractivity contribution in [2.45, 2.75) is 26.9 Å². The summed E-state index contributed by atoms with van der Waals surface area (Å²) in [6, 6.07) is 4.25. The van der Waals surface area contributed by atoms with Crippen LogP contribution in [0.2, 0.25) is 0 Å². The quantitative estimate of drug-likeness (QED) is 0.557. The van der Waals surface area contributed by atoms with Gasteiger partial charge < -0.3 is 47.2 Å². The van der Waals surface area contributed by atoms with E-state index >= 15 is 0 Å². The zero-order valence-corrected chi connectivity index (χ0v) is 11.0. The maximum atomic E-state index is 5.58. The summed E-state index contributed by atoms with van der Waals surface area (Å²) < 4.78 is 0. The van der Waals surface area contributed by atoms with Crippen LogP contribution in [-0.4, -0.2) is 11.0 Å². The molecule has 0 spiro atoms. The lowest BCUT2D eigenvalue weighted by Crippen LogP contribution is -3.00. The molecule has 0 radical (unpaired) electrons. The van der Waals surface area contributed by atoms with Gasteiger partial charge in [-0.3, -0.25) is 0 Å². The van der Waals surface area contributed by atoms with Crippen LogP contribution in [0, 0.1) is 13.8 Å². The molecule has 1 rings (SSSR count). The fraction of sp³-hybridized carbons (Fsp3) is 0.400. The van der Waals surface area contributed by atoms with Crippen LogP contribution in [-0.2, 0) is 13.1 Å². The van der Waals surface area contributed by atoms with E-state index < -0.39 is 0 Å². The summed E-state index contributed by atoms with van der Waals surface area (Å²) in [6.07, 6.45) is 0. The third-order valence-corrected chi connectivity index (χ3v) is 2.23. The fourth-order valence-electron chi connectivity index (χ4n) is 1.39. The molecule has 0 amide bonds. The molecule has 0 saturated carbocycles. The van der Waals surface area contributed by atoms with Crippen LogP contribution < -0.4 is 36.3 Å². The van der Waals surface area contributed by atoms with Gasteiger partial charge in [0.25, 0.3) is 0 Å². The molecule has 0 saturated heterocycles. The first-order valence-corrected chi connectivity index (χ1v) is 4.18. The molecule has 1 aromatic carbocycles. The number of hydrogen-bond donors (Lipinski definition) is 2. The average Bonchev–Trinajstić information content (AvgIpc) is 2.05. The molecule has 6 heteroatoms. The van der Waals surface area contributed by atoms with Crippen LogP contribution in [0.1, 0.15) is 22.3 Å². The highest BCUT2D eigenvalue weighted by molar-refractivity contribution is 5.36. The second-order valence-electron chi connectivity index (χ2n) is 3.11. The van der Waals surface area contributed by atoms with E-state index in [1.54, 1.807) is 0 Å². The van der Waals surface area contributed by atoms with Crippen molar-refractivity contribution in [2.75, 3.05) is 0 Å². The van der Waals surface area contributed by atoms with Crippen LogP contribution in [0.3, 0.4) is 0 Å². The van der Waals surface area contributed by atoms with E-state index in [0.717, 1.165) is 0 Å². The molecule has 98 valence electrons.